The van der Waals surface area contributed by atoms with Crippen LogP contribution in [-0.2, 0) is 13.7 Å². The number of benzene rings is 4. The van der Waals surface area contributed by atoms with Crippen molar-refractivity contribution >= 4 is 20.4 Å². The molecule has 0 aliphatic rings. The van der Waals surface area contributed by atoms with Gasteiger partial charge < -0.3 is 4.74 Å². The number of rotatable bonds is 7. The maximum atomic E-state index is 14.8. The smallest absolute Gasteiger partial charge is 0.310 e. The number of hydrogen-bond acceptors (Lipinski definition) is 4. The van der Waals surface area contributed by atoms with Gasteiger partial charge in [-0.25, -0.2) is 12.4 Å². The molecular weight excluding hydrogens is 526 g/mol. The average Bonchev–Trinajstić information content (AvgIpc) is 2.82. The highest BCUT2D eigenvalue weighted by Gasteiger charge is 2.41. The van der Waals surface area contributed by atoms with Crippen LogP contribution >= 0.6 is 10.3 Å². The van der Waals surface area contributed by atoms with Crippen molar-refractivity contribution in [1.82, 2.24) is 0 Å². The quantitative estimate of drug-likeness (QED) is 0.230. The van der Waals surface area contributed by atoms with Crippen molar-refractivity contribution < 1.29 is 25.6 Å². The van der Waals surface area contributed by atoms with Crippen molar-refractivity contribution in [3.63, 3.8) is 0 Å². The molecule has 4 aromatic carbocycles. The molecule has 0 unspecified atom stereocenters. The van der Waals surface area contributed by atoms with E-state index in [0.29, 0.717) is 26.5 Å². The molecule has 0 amide bonds. The fraction of sp³-hybridized carbons (Fsp3) is 0.200. The van der Waals surface area contributed by atoms with E-state index in [1.165, 1.54) is 0 Å². The standard InChI is InChI=1S/C30H30F2O4S2/c1-21-18-24(35-30(3,4)5)19-22(2)29(21)37(25-12-8-6-9-13-25,26-14-10-7-11-15-26)36-38(33,34)28-17-16-23(31)20-27(28)32/h6-20H,1-5H3. The molecule has 0 saturated carbocycles. The van der Waals surface area contributed by atoms with Gasteiger partial charge in [-0.1, -0.05) is 36.4 Å². The van der Waals surface area contributed by atoms with Crippen LogP contribution in [0.5, 0.6) is 5.75 Å². The fourth-order valence-corrected chi connectivity index (χ4v) is 9.98. The van der Waals surface area contributed by atoms with E-state index in [9.17, 15) is 17.2 Å². The molecule has 0 aliphatic heterocycles. The second-order valence-corrected chi connectivity index (χ2v) is 14.2. The van der Waals surface area contributed by atoms with Crippen LogP contribution in [-0.4, -0.2) is 14.0 Å². The third-order valence-electron chi connectivity index (χ3n) is 5.65. The van der Waals surface area contributed by atoms with E-state index < -0.39 is 42.6 Å². The van der Waals surface area contributed by atoms with Crippen LogP contribution in [0.2, 0.25) is 0 Å². The predicted octanol–water partition coefficient (Wildman–Crippen LogP) is 8.36. The van der Waals surface area contributed by atoms with Crippen molar-refractivity contribution in [2.45, 2.75) is 59.8 Å². The molecule has 4 aromatic rings. The Hall–Kier alpha value is -3.20. The van der Waals surface area contributed by atoms with Crippen molar-refractivity contribution in [1.29, 1.82) is 0 Å². The Morgan fingerprint density at radius 3 is 1.66 bits per heavy atom. The summed E-state index contributed by atoms with van der Waals surface area (Å²) in [4.78, 5) is 1.13. The largest absolute Gasteiger partial charge is 0.488 e. The summed E-state index contributed by atoms with van der Waals surface area (Å²) in [6, 6.07) is 24.1. The minimum absolute atomic E-state index is 0.441. The SMILES string of the molecule is Cc1cc(OC(C)(C)C)cc(C)c1S(OS(=O)(=O)c1ccc(F)cc1F)(c1ccccc1)c1ccccc1. The van der Waals surface area contributed by atoms with Crippen LogP contribution in [0.25, 0.3) is 0 Å². The van der Waals surface area contributed by atoms with E-state index in [0.717, 1.165) is 23.3 Å². The van der Waals surface area contributed by atoms with Crippen molar-refractivity contribution in [3.05, 3.63) is 114 Å². The van der Waals surface area contributed by atoms with Gasteiger partial charge in [0.05, 0.1) is 0 Å². The maximum absolute atomic E-state index is 14.8. The zero-order valence-electron chi connectivity index (χ0n) is 21.9. The van der Waals surface area contributed by atoms with E-state index in [-0.39, 0.29) is 0 Å². The zero-order valence-corrected chi connectivity index (χ0v) is 23.5. The first kappa shape index (κ1) is 27.8. The summed E-state index contributed by atoms with van der Waals surface area (Å²) in [5, 5.41) is 0. The van der Waals surface area contributed by atoms with Crippen LogP contribution < -0.4 is 4.74 Å². The van der Waals surface area contributed by atoms with Gasteiger partial charge in [0, 0.05) is 20.8 Å². The lowest BCUT2D eigenvalue weighted by Gasteiger charge is -2.41. The fourth-order valence-electron chi connectivity index (χ4n) is 4.33. The molecule has 0 saturated heterocycles. The second kappa shape index (κ2) is 10.5. The van der Waals surface area contributed by atoms with E-state index in [1.807, 2.05) is 58.9 Å². The highest BCUT2D eigenvalue weighted by atomic mass is 32.3. The van der Waals surface area contributed by atoms with Gasteiger partial charge in [-0.2, -0.15) is 8.42 Å². The van der Waals surface area contributed by atoms with Gasteiger partial charge in [0.2, 0.25) is 0 Å². The van der Waals surface area contributed by atoms with Crippen LogP contribution in [0.1, 0.15) is 31.9 Å². The first-order valence-electron chi connectivity index (χ1n) is 12.0. The topological polar surface area (TPSA) is 52.6 Å². The van der Waals surface area contributed by atoms with E-state index >= 15 is 0 Å². The summed E-state index contributed by atoms with van der Waals surface area (Å²) >= 11 is 0. The Kier molecular flexibility index (Phi) is 7.70. The van der Waals surface area contributed by atoms with Crippen molar-refractivity contribution in [2.75, 3.05) is 0 Å². The summed E-state index contributed by atoms with van der Waals surface area (Å²) in [6.07, 6.45) is 0. The third-order valence-corrected chi connectivity index (χ3v) is 11.1. The van der Waals surface area contributed by atoms with Gasteiger partial charge in [0.25, 0.3) is 0 Å². The molecule has 0 aromatic heterocycles. The minimum atomic E-state index is -4.72. The Morgan fingerprint density at radius 1 is 0.711 bits per heavy atom. The average molecular weight is 557 g/mol. The third kappa shape index (κ3) is 5.62. The first-order valence-corrected chi connectivity index (χ1v) is 14.9. The Balaban J connectivity index is 2.06. The lowest BCUT2D eigenvalue weighted by molar-refractivity contribution is 0.130. The maximum Gasteiger partial charge on any atom is 0.310 e. The van der Waals surface area contributed by atoms with E-state index in [4.69, 9.17) is 8.37 Å². The molecule has 38 heavy (non-hydrogen) atoms. The molecular formula is C30H30F2O4S2. The highest BCUT2D eigenvalue weighted by Crippen LogP contribution is 2.72. The molecule has 0 radical (unpaired) electrons. The lowest BCUT2D eigenvalue weighted by atomic mass is 10.1. The number of aryl methyl sites for hydroxylation is 2. The molecule has 4 rings (SSSR count). The molecule has 0 aliphatic carbocycles. The van der Waals surface area contributed by atoms with Crippen LogP contribution in [0, 0.1) is 25.5 Å². The lowest BCUT2D eigenvalue weighted by Crippen LogP contribution is -2.23. The van der Waals surface area contributed by atoms with Gasteiger partial charge in [0.15, 0.2) is 0 Å². The zero-order chi connectivity index (χ0) is 27.7. The summed E-state index contributed by atoms with van der Waals surface area (Å²) in [6.45, 7) is 9.59. The highest BCUT2D eigenvalue weighted by molar-refractivity contribution is 8.33. The molecule has 0 spiro atoms. The van der Waals surface area contributed by atoms with Crippen LogP contribution in [0.4, 0.5) is 8.78 Å². The normalized spacial score (nSPS) is 12.8. The molecule has 200 valence electrons. The molecule has 0 N–H and O–H groups in total. The molecule has 4 nitrogen and oxygen atoms in total. The Morgan fingerprint density at radius 2 is 1.21 bits per heavy atom. The van der Waals surface area contributed by atoms with Crippen LogP contribution in [0.3, 0.4) is 0 Å². The van der Waals surface area contributed by atoms with Gasteiger partial charge in [-0.05, 0) is 105 Å². The number of halogens is 2. The van der Waals surface area contributed by atoms with Gasteiger partial charge in [0.1, 0.15) is 27.9 Å². The predicted molar refractivity (Wildman–Crippen MR) is 146 cm³/mol. The second-order valence-electron chi connectivity index (χ2n) is 9.88. The number of hydrogen-bond donors (Lipinski definition) is 0. The van der Waals surface area contributed by atoms with Crippen molar-refractivity contribution in [2.24, 2.45) is 0 Å². The van der Waals surface area contributed by atoms with Crippen LogP contribution in [0.15, 0.2) is 111 Å². The first-order chi connectivity index (χ1) is 17.8. The van der Waals surface area contributed by atoms with Gasteiger partial charge in [-0.3, -0.25) is 0 Å². The molecule has 0 atom stereocenters. The van der Waals surface area contributed by atoms with Gasteiger partial charge in [-0.15, -0.1) is 0 Å². The monoisotopic (exact) mass is 556 g/mol. The molecule has 0 fully saturated rings. The van der Waals surface area contributed by atoms with E-state index in [2.05, 4.69) is 0 Å². The summed E-state index contributed by atoms with van der Waals surface area (Å²) in [5.41, 5.74) is 1.06. The summed E-state index contributed by atoms with van der Waals surface area (Å²) in [7, 11) is -7.71. The summed E-state index contributed by atoms with van der Waals surface area (Å²) < 4.78 is 68.4. The summed E-state index contributed by atoms with van der Waals surface area (Å²) in [5.74, 6) is -1.47. The minimum Gasteiger partial charge on any atom is -0.488 e. The molecule has 0 bridgehead atoms. The molecule has 0 heterocycles. The Bertz CT molecular complexity index is 1490. The van der Waals surface area contributed by atoms with Crippen molar-refractivity contribution in [3.8, 4) is 5.75 Å². The van der Waals surface area contributed by atoms with Gasteiger partial charge >= 0.3 is 10.1 Å². The Labute approximate surface area is 224 Å². The van der Waals surface area contributed by atoms with E-state index in [1.54, 1.807) is 48.5 Å². The molecule has 8 heteroatoms. The number of ether oxygens (including phenoxy) is 1.